The number of nitrogens with one attached hydrogen (secondary N) is 2. The van der Waals surface area contributed by atoms with Gasteiger partial charge in [-0.15, -0.1) is 0 Å². The molecule has 0 aliphatic heterocycles. The van der Waals surface area contributed by atoms with Crippen molar-refractivity contribution in [2.45, 2.75) is 51.2 Å². The normalized spacial score (nSPS) is 15.5. The number of rotatable bonds is 14. The molecule has 0 aliphatic carbocycles. The Balaban J connectivity index is 5.33. The molecule has 13 nitrogen and oxygen atoms in total. The summed E-state index contributed by atoms with van der Waals surface area (Å²) >= 11 is 0. The Kier molecular flexibility index (Phi) is 12.7. The van der Waals surface area contributed by atoms with Gasteiger partial charge in [-0.25, -0.2) is 4.79 Å². The SMILES string of the molecule is CCC(C)C(N)C(=O)NC(CCCN=C(N)N)C(=O)N[C@@H](/C=C\CP(=O)(O)O)C(=O)O. The molecule has 2 amide bonds. The fourth-order valence-corrected chi connectivity index (χ4v) is 2.73. The third-order valence-electron chi connectivity index (χ3n) is 4.37. The van der Waals surface area contributed by atoms with Gasteiger partial charge in [0.1, 0.15) is 12.1 Å². The molecule has 31 heavy (non-hydrogen) atoms. The van der Waals surface area contributed by atoms with E-state index in [0.29, 0.717) is 12.8 Å². The van der Waals surface area contributed by atoms with Gasteiger partial charge in [0, 0.05) is 6.54 Å². The lowest BCUT2D eigenvalue weighted by atomic mass is 9.98. The summed E-state index contributed by atoms with van der Waals surface area (Å²) in [6.07, 6.45) is 2.27. The van der Waals surface area contributed by atoms with Gasteiger partial charge >= 0.3 is 13.6 Å². The average Bonchev–Trinajstić information content (AvgIpc) is 2.66. The molecule has 3 unspecified atom stereocenters. The van der Waals surface area contributed by atoms with Gasteiger partial charge in [0.25, 0.3) is 0 Å². The smallest absolute Gasteiger partial charge is 0.330 e. The molecule has 14 heteroatoms. The first-order chi connectivity index (χ1) is 14.3. The van der Waals surface area contributed by atoms with E-state index in [1.807, 2.05) is 6.92 Å². The number of allylic oxidation sites excluding steroid dienone is 1. The van der Waals surface area contributed by atoms with E-state index >= 15 is 0 Å². The van der Waals surface area contributed by atoms with Gasteiger partial charge in [0.05, 0.1) is 12.2 Å². The minimum atomic E-state index is -4.37. The number of guanidine groups is 1. The van der Waals surface area contributed by atoms with E-state index in [1.54, 1.807) is 6.92 Å². The predicted octanol–water partition coefficient (Wildman–Crippen LogP) is -1.80. The highest BCUT2D eigenvalue weighted by Crippen LogP contribution is 2.33. The quantitative estimate of drug-likeness (QED) is 0.0471. The van der Waals surface area contributed by atoms with E-state index in [-0.39, 0.29) is 24.8 Å². The molecular weight excluding hydrogens is 431 g/mol. The van der Waals surface area contributed by atoms with Gasteiger partial charge in [-0.1, -0.05) is 32.4 Å². The third kappa shape index (κ3) is 12.7. The Bertz CT molecular complexity index is 720. The number of aliphatic imine (C=N–C) groups is 1. The molecule has 0 fully saturated rings. The molecule has 0 heterocycles. The highest BCUT2D eigenvalue weighted by atomic mass is 31.2. The van der Waals surface area contributed by atoms with Crippen LogP contribution in [0.15, 0.2) is 17.1 Å². The molecule has 0 aromatic rings. The van der Waals surface area contributed by atoms with Crippen LogP contribution in [-0.4, -0.2) is 69.5 Å². The lowest BCUT2D eigenvalue weighted by Crippen LogP contribution is -2.55. The summed E-state index contributed by atoms with van der Waals surface area (Å²) in [6, 6.07) is -3.54. The number of nitrogens with zero attached hydrogens (tertiary/aromatic N) is 1. The molecule has 178 valence electrons. The maximum atomic E-state index is 12.6. The van der Waals surface area contributed by atoms with Crippen LogP contribution in [-0.2, 0) is 18.9 Å². The Morgan fingerprint density at radius 3 is 2.26 bits per heavy atom. The summed E-state index contributed by atoms with van der Waals surface area (Å²) in [6.45, 7) is 3.83. The number of carboxylic acids is 1. The largest absolute Gasteiger partial charge is 0.479 e. The van der Waals surface area contributed by atoms with E-state index in [9.17, 15) is 24.1 Å². The first kappa shape index (κ1) is 28.5. The van der Waals surface area contributed by atoms with Crippen LogP contribution in [0, 0.1) is 5.92 Å². The summed E-state index contributed by atoms with van der Waals surface area (Å²) in [5, 5.41) is 14.0. The van der Waals surface area contributed by atoms with Crippen LogP contribution in [0.3, 0.4) is 0 Å². The Labute approximate surface area is 180 Å². The van der Waals surface area contributed by atoms with Crippen LogP contribution in [0.2, 0.25) is 0 Å². The van der Waals surface area contributed by atoms with Crippen molar-refractivity contribution in [3.8, 4) is 0 Å². The monoisotopic (exact) mass is 464 g/mol. The van der Waals surface area contributed by atoms with Crippen molar-refractivity contribution in [1.82, 2.24) is 10.6 Å². The van der Waals surface area contributed by atoms with Crippen molar-refractivity contribution < 1.29 is 33.8 Å². The van der Waals surface area contributed by atoms with Crippen molar-refractivity contribution in [1.29, 1.82) is 0 Å². The molecular formula is C17H33N6O7P. The van der Waals surface area contributed by atoms with Gasteiger partial charge in [0.15, 0.2) is 5.96 Å². The number of aliphatic carboxylic acids is 1. The summed E-state index contributed by atoms with van der Waals surface area (Å²) in [5.41, 5.74) is 16.4. The van der Waals surface area contributed by atoms with E-state index in [2.05, 4.69) is 15.6 Å². The fourth-order valence-electron chi connectivity index (χ4n) is 2.33. The number of hydrogen-bond acceptors (Lipinski definition) is 6. The highest BCUT2D eigenvalue weighted by molar-refractivity contribution is 7.51. The second-order valence-corrected chi connectivity index (χ2v) is 8.72. The number of amides is 2. The van der Waals surface area contributed by atoms with E-state index in [4.69, 9.17) is 27.0 Å². The fraction of sp³-hybridized carbons (Fsp3) is 0.647. The molecule has 0 radical (unpaired) electrons. The molecule has 0 saturated heterocycles. The van der Waals surface area contributed by atoms with Crippen LogP contribution >= 0.6 is 7.60 Å². The first-order valence-electron chi connectivity index (χ1n) is 9.64. The molecule has 0 bridgehead atoms. The summed E-state index contributed by atoms with van der Waals surface area (Å²) in [7, 11) is -4.37. The second-order valence-electron chi connectivity index (χ2n) is 7.02. The zero-order chi connectivity index (χ0) is 24.2. The highest BCUT2D eigenvalue weighted by Gasteiger charge is 2.28. The van der Waals surface area contributed by atoms with Crippen molar-refractivity contribution in [2.24, 2.45) is 28.1 Å². The predicted molar refractivity (Wildman–Crippen MR) is 115 cm³/mol. The lowest BCUT2D eigenvalue weighted by Gasteiger charge is -2.24. The molecule has 0 aromatic heterocycles. The van der Waals surface area contributed by atoms with Gasteiger partial charge in [-0.2, -0.15) is 0 Å². The van der Waals surface area contributed by atoms with Crippen LogP contribution in [0.4, 0.5) is 0 Å². The minimum absolute atomic E-state index is 0.0973. The maximum absolute atomic E-state index is 12.6. The maximum Gasteiger partial charge on any atom is 0.330 e. The van der Waals surface area contributed by atoms with E-state index < -0.39 is 49.7 Å². The van der Waals surface area contributed by atoms with Gasteiger partial charge in [-0.3, -0.25) is 19.1 Å². The molecule has 0 aliphatic rings. The zero-order valence-electron chi connectivity index (χ0n) is 17.6. The van der Waals surface area contributed by atoms with Crippen molar-refractivity contribution in [3.63, 3.8) is 0 Å². The van der Waals surface area contributed by atoms with Gasteiger partial charge in [-0.05, 0) is 18.8 Å². The summed E-state index contributed by atoms with van der Waals surface area (Å²) in [4.78, 5) is 57.9. The van der Waals surface area contributed by atoms with Crippen molar-refractivity contribution in [2.75, 3.05) is 12.7 Å². The molecule has 0 rings (SSSR count). The summed E-state index contributed by atoms with van der Waals surface area (Å²) < 4.78 is 10.9. The molecule has 4 atom stereocenters. The summed E-state index contributed by atoms with van der Waals surface area (Å²) in [5.74, 6) is -3.10. The number of carboxylic acid groups (broad SMARTS) is 1. The topological polar surface area (TPSA) is 243 Å². The van der Waals surface area contributed by atoms with Crippen LogP contribution in [0.1, 0.15) is 33.1 Å². The Morgan fingerprint density at radius 2 is 1.77 bits per heavy atom. The molecule has 11 N–H and O–H groups in total. The van der Waals surface area contributed by atoms with Gasteiger partial charge < -0.3 is 42.7 Å². The molecule has 0 saturated carbocycles. The Hall–Kier alpha value is -2.47. The lowest BCUT2D eigenvalue weighted by molar-refractivity contribution is -0.140. The number of hydrogen-bond donors (Lipinski definition) is 8. The van der Waals surface area contributed by atoms with Gasteiger partial charge in [0.2, 0.25) is 11.8 Å². The third-order valence-corrected chi connectivity index (χ3v) is 5.06. The number of nitrogens with two attached hydrogens (primary N) is 3. The average molecular weight is 464 g/mol. The first-order valence-corrected chi connectivity index (χ1v) is 11.4. The molecule has 0 spiro atoms. The number of carbonyl (C=O) groups excluding carboxylic acids is 2. The van der Waals surface area contributed by atoms with Crippen LogP contribution in [0.5, 0.6) is 0 Å². The standard InChI is InChI=1S/C17H33N6O7P/c1-3-10(2)13(18)15(25)22-11(6-4-8-21-17(19)20)14(24)23-12(16(26)27)7-5-9-31(28,29)30/h5,7,10-13H,3-4,6,8-9,18H2,1-2H3,(H,22,25)(H,23,24)(H,26,27)(H4,19,20,21)(H2,28,29,30)/b7-5-/t10?,11?,12-,13?/m0/s1. The molecule has 0 aromatic carbocycles. The van der Waals surface area contributed by atoms with Crippen molar-refractivity contribution in [3.05, 3.63) is 12.2 Å². The minimum Gasteiger partial charge on any atom is -0.479 e. The number of carbonyl (C=O) groups is 3. The van der Waals surface area contributed by atoms with E-state index in [0.717, 1.165) is 12.2 Å². The van der Waals surface area contributed by atoms with E-state index in [1.165, 1.54) is 0 Å². The second kappa shape index (κ2) is 13.8. The zero-order valence-corrected chi connectivity index (χ0v) is 18.5. The van der Waals surface area contributed by atoms with Crippen LogP contribution < -0.4 is 27.8 Å². The van der Waals surface area contributed by atoms with Crippen molar-refractivity contribution >= 4 is 31.3 Å². The Morgan fingerprint density at radius 1 is 1.16 bits per heavy atom. The van der Waals surface area contributed by atoms with Crippen LogP contribution in [0.25, 0.3) is 0 Å².